The van der Waals surface area contributed by atoms with E-state index in [1.54, 1.807) is 0 Å². The Balaban J connectivity index is 1.75. The zero-order chi connectivity index (χ0) is 29.6. The minimum absolute atomic E-state index is 0.216. The fourth-order valence-electron chi connectivity index (χ4n) is 5.08. The van der Waals surface area contributed by atoms with E-state index in [4.69, 9.17) is 19.9 Å². The predicted octanol–water partition coefficient (Wildman–Crippen LogP) is -5.43. The number of nitrogens with one attached hydrogen (secondary N) is 1. The highest BCUT2D eigenvalue weighted by Gasteiger charge is 2.55. The van der Waals surface area contributed by atoms with Crippen LogP contribution in [0.15, 0.2) is 33.3 Å². The summed E-state index contributed by atoms with van der Waals surface area (Å²) in [5, 5.41) is 62.6. The molecule has 4 rings (SSSR count). The molecule has 2 fully saturated rings. The van der Waals surface area contributed by atoms with E-state index in [2.05, 4.69) is 0 Å². The number of carboxylic acids is 1. The molecular formula is C22H31N5O13. The molecule has 0 spiro atoms. The number of aromatic amines is 1. The van der Waals surface area contributed by atoms with E-state index < -0.39 is 102 Å². The summed E-state index contributed by atoms with van der Waals surface area (Å²) in [6.07, 6.45) is -13.4. The molecule has 1 amide bonds. The van der Waals surface area contributed by atoms with Crippen LogP contribution < -0.4 is 17.0 Å². The summed E-state index contributed by atoms with van der Waals surface area (Å²) in [6.45, 7) is -0.704. The van der Waals surface area contributed by atoms with Crippen LogP contribution in [0, 0.1) is 0 Å². The Bertz CT molecular complexity index is 1280. The topological polar surface area (TPSA) is 271 Å². The van der Waals surface area contributed by atoms with E-state index in [0.717, 1.165) is 23.9 Å². The zero-order valence-corrected chi connectivity index (χ0v) is 21.3. The fraction of sp³-hybridized carbons (Fsp3) is 0.636. The summed E-state index contributed by atoms with van der Waals surface area (Å²) in [5.74, 6) is -3.23. The number of carbonyl (C=O) groups excluding carboxylic acids is 1. The Hall–Kier alpha value is -3.20. The van der Waals surface area contributed by atoms with Crippen LogP contribution in [0.25, 0.3) is 0 Å². The van der Waals surface area contributed by atoms with Gasteiger partial charge in [-0.1, -0.05) is 0 Å². The van der Waals surface area contributed by atoms with Crippen molar-refractivity contribution in [2.24, 2.45) is 5.73 Å². The minimum atomic E-state index is -1.85. The van der Waals surface area contributed by atoms with Crippen molar-refractivity contribution in [1.29, 1.82) is 0 Å². The van der Waals surface area contributed by atoms with Crippen LogP contribution in [-0.2, 0) is 23.8 Å². The number of aliphatic carboxylic acids is 1. The number of hydrogen-bond acceptors (Lipinski definition) is 14. The van der Waals surface area contributed by atoms with E-state index in [1.165, 1.54) is 11.9 Å². The van der Waals surface area contributed by atoms with Gasteiger partial charge in [-0.3, -0.25) is 24.0 Å². The summed E-state index contributed by atoms with van der Waals surface area (Å²) < 4.78 is 18.0. The number of amides is 1. The molecule has 18 nitrogen and oxygen atoms in total. The molecular weight excluding hydrogens is 542 g/mol. The molecule has 9 N–H and O–H groups in total. The first-order valence-electron chi connectivity index (χ1n) is 12.1. The molecule has 4 heterocycles. The second-order valence-electron chi connectivity index (χ2n) is 9.71. The molecule has 1 aromatic heterocycles. The molecule has 0 radical (unpaired) electrons. The monoisotopic (exact) mass is 573 g/mol. The first-order chi connectivity index (χ1) is 18.8. The highest BCUT2D eigenvalue weighted by atomic mass is 16.7. The van der Waals surface area contributed by atoms with Gasteiger partial charge in [-0.2, -0.15) is 0 Å². The van der Waals surface area contributed by atoms with E-state index in [9.17, 15) is 49.8 Å². The number of likely N-dealkylation sites (N-methyl/N-ethyl adjacent to an activating group) is 2. The van der Waals surface area contributed by atoms with E-state index in [0.29, 0.717) is 4.90 Å². The number of nitrogens with zero attached hydrogens (tertiary/aromatic N) is 3. The number of rotatable bonds is 7. The number of hydrogen-bond donors (Lipinski definition) is 8. The van der Waals surface area contributed by atoms with Gasteiger partial charge < -0.3 is 55.5 Å². The van der Waals surface area contributed by atoms with Gasteiger partial charge in [0.2, 0.25) is 5.91 Å². The number of aliphatic hydroxyl groups excluding tert-OH is 5. The molecule has 3 aliphatic heterocycles. The quantitative estimate of drug-likeness (QED) is 0.151. The predicted molar refractivity (Wildman–Crippen MR) is 128 cm³/mol. The van der Waals surface area contributed by atoms with Gasteiger partial charge in [-0.15, -0.1) is 0 Å². The van der Waals surface area contributed by atoms with E-state index in [1.807, 2.05) is 4.98 Å². The van der Waals surface area contributed by atoms with Crippen LogP contribution in [-0.4, -0.2) is 144 Å². The molecule has 40 heavy (non-hydrogen) atoms. The Morgan fingerprint density at radius 1 is 1.12 bits per heavy atom. The molecule has 0 saturated carbocycles. The second-order valence-corrected chi connectivity index (χ2v) is 9.71. The van der Waals surface area contributed by atoms with Gasteiger partial charge in [-0.25, -0.2) is 9.59 Å². The van der Waals surface area contributed by atoms with Crippen LogP contribution in [0.5, 0.6) is 0 Å². The van der Waals surface area contributed by atoms with Crippen molar-refractivity contribution < 1.29 is 54.4 Å². The lowest BCUT2D eigenvalue weighted by molar-refractivity contribution is -0.233. The van der Waals surface area contributed by atoms with Crippen LogP contribution in [0.3, 0.4) is 0 Å². The van der Waals surface area contributed by atoms with Gasteiger partial charge in [0.1, 0.15) is 54.5 Å². The summed E-state index contributed by atoms with van der Waals surface area (Å²) >= 11 is 0. The summed E-state index contributed by atoms with van der Waals surface area (Å²) in [4.78, 5) is 53.1. The Kier molecular flexibility index (Phi) is 8.45. The van der Waals surface area contributed by atoms with Gasteiger partial charge in [0.15, 0.2) is 18.2 Å². The normalized spacial score (nSPS) is 36.2. The summed E-state index contributed by atoms with van der Waals surface area (Å²) in [6, 6.07) is -0.575. The van der Waals surface area contributed by atoms with Crippen LogP contribution >= 0.6 is 0 Å². The van der Waals surface area contributed by atoms with E-state index >= 15 is 0 Å². The van der Waals surface area contributed by atoms with Gasteiger partial charge in [0.25, 0.3) is 5.56 Å². The van der Waals surface area contributed by atoms with Crippen LogP contribution in [0.4, 0.5) is 0 Å². The maximum absolute atomic E-state index is 13.6. The highest BCUT2D eigenvalue weighted by Crippen LogP contribution is 2.36. The maximum Gasteiger partial charge on any atom is 0.356 e. The second kappa shape index (κ2) is 11.4. The summed E-state index contributed by atoms with van der Waals surface area (Å²) in [7, 11) is 2.42. The third-order valence-electron chi connectivity index (χ3n) is 7.15. The lowest BCUT2D eigenvalue weighted by Crippen LogP contribution is -2.59. The number of carbonyl (C=O) groups is 2. The maximum atomic E-state index is 13.6. The molecule has 3 aliphatic rings. The molecule has 2 saturated heterocycles. The van der Waals surface area contributed by atoms with Gasteiger partial charge >= 0.3 is 11.7 Å². The summed E-state index contributed by atoms with van der Waals surface area (Å²) in [5.41, 5.74) is 3.13. The molecule has 0 bridgehead atoms. The molecule has 222 valence electrons. The first-order valence-corrected chi connectivity index (χ1v) is 12.1. The number of H-pyrrole nitrogens is 1. The third kappa shape index (κ3) is 5.16. The van der Waals surface area contributed by atoms with Crippen LogP contribution in [0.1, 0.15) is 6.23 Å². The SMILES string of the molecule is CN1C(=O)[C@H]([C@H](OC2OC(CN)C(O)C2O)C2OC(n3ccc(=O)[nH]c3=O)C(O)C2O)N(C)CC(O)=C1C(=O)O. The number of carboxylic acid groups (broad SMARTS) is 1. The number of ether oxygens (including phenoxy) is 3. The lowest BCUT2D eigenvalue weighted by atomic mass is 9.97. The van der Waals surface area contributed by atoms with Crippen molar-refractivity contribution in [1.82, 2.24) is 19.4 Å². The Morgan fingerprint density at radius 2 is 1.80 bits per heavy atom. The van der Waals surface area contributed by atoms with Gasteiger partial charge in [0.05, 0.1) is 6.54 Å². The number of nitrogens with two attached hydrogens (primary N) is 1. The molecule has 0 aliphatic carbocycles. The number of aromatic nitrogens is 2. The Morgan fingerprint density at radius 3 is 2.38 bits per heavy atom. The van der Waals surface area contributed by atoms with Gasteiger partial charge in [0, 0.05) is 25.9 Å². The van der Waals surface area contributed by atoms with Crippen LogP contribution in [0.2, 0.25) is 0 Å². The van der Waals surface area contributed by atoms with Crippen molar-refractivity contribution in [2.45, 2.75) is 61.3 Å². The van der Waals surface area contributed by atoms with Crippen molar-refractivity contribution in [3.63, 3.8) is 0 Å². The smallest absolute Gasteiger partial charge is 0.356 e. The highest BCUT2D eigenvalue weighted by molar-refractivity contribution is 5.95. The van der Waals surface area contributed by atoms with Crippen molar-refractivity contribution in [2.75, 3.05) is 27.2 Å². The minimum Gasteiger partial charge on any atom is -0.508 e. The number of aliphatic hydroxyl groups is 5. The van der Waals surface area contributed by atoms with Crippen molar-refractivity contribution >= 4 is 11.9 Å². The van der Waals surface area contributed by atoms with E-state index in [-0.39, 0.29) is 6.54 Å². The molecule has 0 aromatic carbocycles. The first kappa shape index (κ1) is 29.8. The average Bonchev–Trinajstić information content (AvgIpc) is 3.29. The largest absolute Gasteiger partial charge is 0.508 e. The average molecular weight is 574 g/mol. The standard InChI is InChI=1S/C22H31N5O13/c1-25-6-7(28)10(20(35)36)26(2)18(34)11(25)16(40-21-15(33)12(30)8(5-23)38-21)17-13(31)14(32)19(39-17)27-4-3-9(29)24-22(27)37/h3-4,8,11-17,19,21,28,30-33H,5-6,23H2,1-2H3,(H,35,36)(H,24,29,37)/t8?,11-,12?,13?,14?,15?,16-,17?,19?,21?/m0/s1. The molecule has 18 heteroatoms. The molecule has 1 aromatic rings. The fourth-order valence-corrected chi connectivity index (χ4v) is 5.08. The lowest BCUT2D eigenvalue weighted by Gasteiger charge is -2.38. The third-order valence-corrected chi connectivity index (χ3v) is 7.15. The van der Waals surface area contributed by atoms with Crippen molar-refractivity contribution in [3.05, 3.63) is 44.6 Å². The molecule has 8 unspecified atom stereocenters. The Labute approximate surface area is 225 Å². The molecule has 10 atom stereocenters. The van der Waals surface area contributed by atoms with Gasteiger partial charge in [-0.05, 0) is 7.05 Å². The van der Waals surface area contributed by atoms with Crippen molar-refractivity contribution in [3.8, 4) is 0 Å². The zero-order valence-electron chi connectivity index (χ0n) is 21.3.